The zero-order chi connectivity index (χ0) is 22.8. The highest BCUT2D eigenvalue weighted by Gasteiger charge is 2.47. The molecule has 0 bridgehead atoms. The Morgan fingerprint density at radius 1 is 0.909 bits per heavy atom. The number of fused-ring (bicyclic) bond motifs is 5. The van der Waals surface area contributed by atoms with E-state index in [0.29, 0.717) is 42.7 Å². The molecule has 0 unspecified atom stereocenters. The van der Waals surface area contributed by atoms with E-state index >= 15 is 0 Å². The van der Waals surface area contributed by atoms with Gasteiger partial charge in [0.2, 0.25) is 5.91 Å². The van der Waals surface area contributed by atoms with Crippen LogP contribution in [0.3, 0.4) is 0 Å². The van der Waals surface area contributed by atoms with E-state index in [2.05, 4.69) is 10.3 Å². The van der Waals surface area contributed by atoms with Crippen molar-refractivity contribution in [3.63, 3.8) is 0 Å². The SMILES string of the molecule is O=C(CCCN1C(=O)c2ccccc2N2C(=O)c3ccccc3[C@H]12)NCCc1ccncc1. The molecular formula is C26H24N4O3. The van der Waals surface area contributed by atoms with Crippen molar-refractivity contribution in [3.05, 3.63) is 95.3 Å². The summed E-state index contributed by atoms with van der Waals surface area (Å²) in [6.07, 6.45) is 4.55. The quantitative estimate of drug-likeness (QED) is 0.611. The van der Waals surface area contributed by atoms with Crippen molar-refractivity contribution < 1.29 is 14.4 Å². The Kier molecular flexibility index (Phi) is 5.60. The lowest BCUT2D eigenvalue weighted by atomic mass is 10.0. The molecule has 3 amide bonds. The van der Waals surface area contributed by atoms with E-state index in [0.717, 1.165) is 17.5 Å². The molecule has 3 heterocycles. The predicted molar refractivity (Wildman–Crippen MR) is 124 cm³/mol. The molecule has 1 N–H and O–H groups in total. The number of anilines is 1. The number of para-hydroxylation sites is 1. The summed E-state index contributed by atoms with van der Waals surface area (Å²) in [6, 6.07) is 18.5. The first kappa shape index (κ1) is 20.9. The maximum atomic E-state index is 13.4. The summed E-state index contributed by atoms with van der Waals surface area (Å²) in [5.74, 6) is -0.266. The number of hydrogen-bond donors (Lipinski definition) is 1. The number of carbonyl (C=O) groups excluding carboxylic acids is 3. The summed E-state index contributed by atoms with van der Waals surface area (Å²) in [4.78, 5) is 46.3. The molecule has 2 aliphatic rings. The maximum absolute atomic E-state index is 13.4. The topological polar surface area (TPSA) is 82.6 Å². The van der Waals surface area contributed by atoms with E-state index in [1.807, 2.05) is 42.5 Å². The fourth-order valence-electron chi connectivity index (χ4n) is 4.59. The van der Waals surface area contributed by atoms with Crippen molar-refractivity contribution >= 4 is 23.4 Å². The number of carbonyl (C=O) groups is 3. The van der Waals surface area contributed by atoms with Gasteiger partial charge in [0.15, 0.2) is 0 Å². The monoisotopic (exact) mass is 440 g/mol. The summed E-state index contributed by atoms with van der Waals surface area (Å²) in [6.45, 7) is 0.935. The van der Waals surface area contributed by atoms with Crippen LogP contribution in [0.1, 0.15) is 50.9 Å². The standard InChI is InChI=1S/C26H24N4O3/c31-23(28-16-13-18-11-14-27-15-12-18)10-5-17-29-24-19-6-1-2-7-20(19)26(33)30(24)22-9-4-3-8-21(22)25(29)32/h1-4,6-9,11-12,14-15,24H,5,10,13,16-17H2,(H,28,31)/t24-/m1/s1. The van der Waals surface area contributed by atoms with Crippen molar-refractivity contribution in [1.29, 1.82) is 0 Å². The molecule has 1 atom stereocenters. The molecule has 2 aliphatic heterocycles. The Labute approximate surface area is 192 Å². The van der Waals surface area contributed by atoms with Gasteiger partial charge in [0, 0.05) is 43.0 Å². The number of nitrogens with zero attached hydrogens (tertiary/aromatic N) is 3. The summed E-state index contributed by atoms with van der Waals surface area (Å²) >= 11 is 0. The second-order valence-electron chi connectivity index (χ2n) is 8.21. The molecule has 0 fully saturated rings. The first-order valence-corrected chi connectivity index (χ1v) is 11.1. The minimum absolute atomic E-state index is 0.0475. The minimum Gasteiger partial charge on any atom is -0.356 e. The zero-order valence-corrected chi connectivity index (χ0v) is 18.1. The third kappa shape index (κ3) is 3.86. The second kappa shape index (κ2) is 8.86. The van der Waals surface area contributed by atoms with Gasteiger partial charge in [0.05, 0.1) is 11.3 Å². The average Bonchev–Trinajstić information content (AvgIpc) is 3.14. The highest BCUT2D eigenvalue weighted by molar-refractivity contribution is 6.16. The summed E-state index contributed by atoms with van der Waals surface area (Å²) in [5, 5.41) is 2.94. The Bertz CT molecular complexity index is 1210. The fourth-order valence-corrected chi connectivity index (χ4v) is 4.59. The molecule has 1 aromatic heterocycles. The second-order valence-corrected chi connectivity index (χ2v) is 8.21. The molecule has 33 heavy (non-hydrogen) atoms. The Balaban J connectivity index is 1.27. The highest BCUT2D eigenvalue weighted by atomic mass is 16.2. The van der Waals surface area contributed by atoms with Crippen LogP contribution in [0.15, 0.2) is 73.1 Å². The number of pyridine rings is 1. The van der Waals surface area contributed by atoms with E-state index in [4.69, 9.17) is 0 Å². The van der Waals surface area contributed by atoms with Crippen LogP contribution in [0.2, 0.25) is 0 Å². The first-order chi connectivity index (χ1) is 16.1. The van der Waals surface area contributed by atoms with Crippen LogP contribution >= 0.6 is 0 Å². The smallest absolute Gasteiger partial charge is 0.260 e. The van der Waals surface area contributed by atoms with E-state index in [-0.39, 0.29) is 17.7 Å². The molecule has 5 rings (SSSR count). The maximum Gasteiger partial charge on any atom is 0.260 e. The van der Waals surface area contributed by atoms with Gasteiger partial charge < -0.3 is 10.2 Å². The van der Waals surface area contributed by atoms with Gasteiger partial charge in [-0.2, -0.15) is 0 Å². The molecule has 3 aromatic rings. The average molecular weight is 441 g/mol. The molecule has 7 nitrogen and oxygen atoms in total. The van der Waals surface area contributed by atoms with Crippen molar-refractivity contribution in [3.8, 4) is 0 Å². The van der Waals surface area contributed by atoms with E-state index < -0.39 is 6.17 Å². The number of benzene rings is 2. The van der Waals surface area contributed by atoms with Crippen molar-refractivity contribution in [2.45, 2.75) is 25.4 Å². The summed E-state index contributed by atoms with van der Waals surface area (Å²) < 4.78 is 0. The summed E-state index contributed by atoms with van der Waals surface area (Å²) in [5.41, 5.74) is 3.71. The highest BCUT2D eigenvalue weighted by Crippen LogP contribution is 2.45. The van der Waals surface area contributed by atoms with Gasteiger partial charge in [-0.05, 0) is 48.7 Å². The number of hydrogen-bond acceptors (Lipinski definition) is 4. The van der Waals surface area contributed by atoms with Gasteiger partial charge >= 0.3 is 0 Å². The van der Waals surface area contributed by atoms with E-state index in [9.17, 15) is 14.4 Å². The van der Waals surface area contributed by atoms with Crippen LogP contribution in [0.4, 0.5) is 5.69 Å². The molecule has 7 heteroatoms. The normalized spacial score (nSPS) is 16.3. The first-order valence-electron chi connectivity index (χ1n) is 11.1. The van der Waals surface area contributed by atoms with Crippen LogP contribution in [-0.4, -0.2) is 40.7 Å². The number of nitrogens with one attached hydrogen (secondary N) is 1. The van der Waals surface area contributed by atoms with Gasteiger partial charge in [0.25, 0.3) is 11.8 Å². The lowest BCUT2D eigenvalue weighted by molar-refractivity contribution is -0.121. The molecular weight excluding hydrogens is 416 g/mol. The number of aromatic nitrogens is 1. The Hall–Kier alpha value is -4.00. The van der Waals surface area contributed by atoms with Crippen molar-refractivity contribution in [2.75, 3.05) is 18.0 Å². The van der Waals surface area contributed by atoms with Gasteiger partial charge in [-0.3, -0.25) is 24.3 Å². The summed E-state index contributed by atoms with van der Waals surface area (Å²) in [7, 11) is 0. The van der Waals surface area contributed by atoms with E-state index in [1.54, 1.807) is 40.4 Å². The third-order valence-corrected chi connectivity index (χ3v) is 6.17. The third-order valence-electron chi connectivity index (χ3n) is 6.17. The van der Waals surface area contributed by atoms with Gasteiger partial charge in [-0.15, -0.1) is 0 Å². The number of rotatable bonds is 7. The minimum atomic E-state index is -0.481. The van der Waals surface area contributed by atoms with Gasteiger partial charge in [-0.25, -0.2) is 0 Å². The molecule has 2 aromatic carbocycles. The van der Waals surface area contributed by atoms with Gasteiger partial charge in [0.1, 0.15) is 6.17 Å². The Morgan fingerprint density at radius 2 is 1.64 bits per heavy atom. The largest absolute Gasteiger partial charge is 0.356 e. The predicted octanol–water partition coefficient (Wildman–Crippen LogP) is 3.34. The number of amides is 3. The van der Waals surface area contributed by atoms with Crippen molar-refractivity contribution in [2.24, 2.45) is 0 Å². The molecule has 0 saturated carbocycles. The van der Waals surface area contributed by atoms with Crippen LogP contribution < -0.4 is 10.2 Å². The molecule has 0 saturated heterocycles. The van der Waals surface area contributed by atoms with Crippen molar-refractivity contribution in [1.82, 2.24) is 15.2 Å². The van der Waals surface area contributed by atoms with Crippen LogP contribution in [0.25, 0.3) is 0 Å². The van der Waals surface area contributed by atoms with Gasteiger partial charge in [-0.1, -0.05) is 30.3 Å². The molecule has 0 radical (unpaired) electrons. The fraction of sp³-hybridized carbons (Fsp3) is 0.231. The molecule has 166 valence electrons. The zero-order valence-electron chi connectivity index (χ0n) is 18.1. The lowest BCUT2D eigenvalue weighted by Crippen LogP contribution is -2.48. The lowest BCUT2D eigenvalue weighted by Gasteiger charge is -2.41. The molecule has 0 spiro atoms. The molecule has 0 aliphatic carbocycles. The van der Waals surface area contributed by atoms with Crippen LogP contribution in [-0.2, 0) is 11.2 Å². The van der Waals surface area contributed by atoms with Crippen LogP contribution in [0, 0.1) is 0 Å². The van der Waals surface area contributed by atoms with E-state index in [1.165, 1.54) is 0 Å². The van der Waals surface area contributed by atoms with Crippen LogP contribution in [0.5, 0.6) is 0 Å². The Morgan fingerprint density at radius 3 is 2.45 bits per heavy atom.